The lowest BCUT2D eigenvalue weighted by atomic mass is 9.77. The number of hydrogen-bond acceptors (Lipinski definition) is 4. The summed E-state index contributed by atoms with van der Waals surface area (Å²) < 4.78 is 19.8. The first kappa shape index (κ1) is 20.5. The third-order valence-corrected chi connectivity index (χ3v) is 7.97. The molecular weight excluding hydrogens is 357 g/mol. The summed E-state index contributed by atoms with van der Waals surface area (Å²) in [5, 5.41) is 6.79. The summed E-state index contributed by atoms with van der Waals surface area (Å²) in [6.45, 7) is 4.40. The number of likely N-dealkylation sites (tertiary alicyclic amines) is 1. The van der Waals surface area contributed by atoms with Crippen LogP contribution in [0.4, 0.5) is 4.39 Å². The second kappa shape index (κ2) is 8.97. The predicted octanol–water partition coefficient (Wildman–Crippen LogP) is 2.64. The molecule has 0 spiro atoms. The number of nitrogens with zero attached hydrogens (tertiary/aromatic N) is 1. The van der Waals surface area contributed by atoms with Gasteiger partial charge >= 0.3 is 0 Å². The Morgan fingerprint density at radius 2 is 1.89 bits per heavy atom. The van der Waals surface area contributed by atoms with Gasteiger partial charge in [-0.3, -0.25) is 4.79 Å². The van der Waals surface area contributed by atoms with E-state index in [1.807, 2.05) is 7.11 Å². The van der Waals surface area contributed by atoms with E-state index in [1.54, 1.807) is 0 Å². The van der Waals surface area contributed by atoms with Gasteiger partial charge in [0.25, 0.3) is 0 Å². The second-order valence-corrected chi connectivity index (χ2v) is 9.71. The maximum absolute atomic E-state index is 14.3. The molecule has 4 aliphatic rings. The molecule has 0 aromatic rings. The van der Waals surface area contributed by atoms with Gasteiger partial charge in [-0.2, -0.15) is 0 Å². The molecular formula is C22H38FN3O2. The summed E-state index contributed by atoms with van der Waals surface area (Å²) in [7, 11) is 1.81. The van der Waals surface area contributed by atoms with Crippen LogP contribution in [0.1, 0.15) is 64.7 Å². The van der Waals surface area contributed by atoms with Crippen LogP contribution in [0.15, 0.2) is 0 Å². The normalized spacial score (nSPS) is 42.9. The number of carbonyl (C=O) groups excluding carboxylic acids is 1. The number of ether oxygens (including phenoxy) is 1. The molecule has 0 radical (unpaired) electrons. The Kier molecular flexibility index (Phi) is 6.58. The molecule has 7 unspecified atom stereocenters. The van der Waals surface area contributed by atoms with Crippen molar-refractivity contribution in [2.45, 2.75) is 101 Å². The molecule has 2 N–H and O–H groups in total. The second-order valence-electron chi connectivity index (χ2n) is 9.71. The lowest BCUT2D eigenvalue weighted by Gasteiger charge is -2.41. The molecule has 2 aliphatic heterocycles. The van der Waals surface area contributed by atoms with Crippen LogP contribution in [-0.4, -0.2) is 67.4 Å². The summed E-state index contributed by atoms with van der Waals surface area (Å²) in [5.74, 6) is 0.571. The highest BCUT2D eigenvalue weighted by atomic mass is 19.1. The zero-order valence-electron chi connectivity index (χ0n) is 17.5. The van der Waals surface area contributed by atoms with Gasteiger partial charge in [0, 0.05) is 44.2 Å². The number of alkyl halides is 1. The molecule has 2 aliphatic carbocycles. The monoisotopic (exact) mass is 395 g/mol. The average Bonchev–Trinajstić information content (AvgIpc) is 3.18. The minimum atomic E-state index is -0.749. The Balaban J connectivity index is 1.28. The van der Waals surface area contributed by atoms with Crippen molar-refractivity contribution in [3.05, 3.63) is 0 Å². The highest BCUT2D eigenvalue weighted by Gasteiger charge is 2.46. The van der Waals surface area contributed by atoms with E-state index >= 15 is 0 Å². The topological polar surface area (TPSA) is 53.6 Å². The van der Waals surface area contributed by atoms with Gasteiger partial charge < -0.3 is 20.3 Å². The van der Waals surface area contributed by atoms with Gasteiger partial charge in [0.05, 0.1) is 12.1 Å². The standard InChI is InChI=1S/C22H38FN3O2/c1-14-6-7-19(23)18-13-20(25-21(14)18)22(27)24-15-4-3-5-16(12-15)26-10-8-17(28-2)9-11-26/h14-21,25H,3-13H2,1-2H3,(H,24,27). The minimum absolute atomic E-state index is 0.0145. The van der Waals surface area contributed by atoms with E-state index in [-0.39, 0.29) is 30.0 Å². The number of carbonyl (C=O) groups is 1. The first-order valence-corrected chi connectivity index (χ1v) is 11.5. The third kappa shape index (κ3) is 4.39. The molecule has 0 aromatic heterocycles. The number of piperidine rings is 1. The number of fused-ring (bicyclic) bond motifs is 1. The van der Waals surface area contributed by atoms with Gasteiger partial charge in [0.15, 0.2) is 0 Å². The Morgan fingerprint density at radius 1 is 1.11 bits per heavy atom. The summed E-state index contributed by atoms with van der Waals surface area (Å²) in [6.07, 6.45) is 8.64. The number of rotatable bonds is 4. The van der Waals surface area contributed by atoms with E-state index in [0.717, 1.165) is 45.2 Å². The van der Waals surface area contributed by atoms with Gasteiger partial charge in [-0.1, -0.05) is 6.92 Å². The molecule has 2 saturated heterocycles. The van der Waals surface area contributed by atoms with Crippen LogP contribution in [0.2, 0.25) is 0 Å². The van der Waals surface area contributed by atoms with Crippen molar-refractivity contribution >= 4 is 5.91 Å². The molecule has 2 heterocycles. The SMILES string of the molecule is COC1CCN(C2CCCC(NC(=O)C3CC4C(F)CCC(C)C4N3)C2)CC1. The Bertz CT molecular complexity index is 522. The average molecular weight is 396 g/mol. The van der Waals surface area contributed by atoms with Crippen LogP contribution in [-0.2, 0) is 9.53 Å². The van der Waals surface area contributed by atoms with Crippen LogP contribution >= 0.6 is 0 Å². The van der Waals surface area contributed by atoms with E-state index in [1.165, 1.54) is 12.8 Å². The molecule has 2 saturated carbocycles. The summed E-state index contributed by atoms with van der Waals surface area (Å²) in [4.78, 5) is 15.5. The highest BCUT2D eigenvalue weighted by Crippen LogP contribution is 2.38. The van der Waals surface area contributed by atoms with Crippen molar-refractivity contribution in [2.24, 2.45) is 11.8 Å². The van der Waals surface area contributed by atoms with Crippen molar-refractivity contribution in [1.29, 1.82) is 0 Å². The molecule has 4 fully saturated rings. The zero-order chi connectivity index (χ0) is 19.7. The highest BCUT2D eigenvalue weighted by molar-refractivity contribution is 5.82. The van der Waals surface area contributed by atoms with Crippen molar-refractivity contribution in [2.75, 3.05) is 20.2 Å². The Labute approximate surface area is 169 Å². The summed E-state index contributed by atoms with van der Waals surface area (Å²) in [5.41, 5.74) is 0. The Morgan fingerprint density at radius 3 is 2.61 bits per heavy atom. The van der Waals surface area contributed by atoms with Crippen LogP contribution in [0.25, 0.3) is 0 Å². The number of methoxy groups -OCH3 is 1. The van der Waals surface area contributed by atoms with Crippen LogP contribution in [0.3, 0.4) is 0 Å². The number of amides is 1. The van der Waals surface area contributed by atoms with Crippen LogP contribution in [0, 0.1) is 11.8 Å². The lowest BCUT2D eigenvalue weighted by Crippen LogP contribution is -2.52. The molecule has 0 aromatic carbocycles. The molecule has 6 heteroatoms. The number of nitrogens with one attached hydrogen (secondary N) is 2. The van der Waals surface area contributed by atoms with E-state index in [4.69, 9.17) is 4.74 Å². The quantitative estimate of drug-likeness (QED) is 0.768. The van der Waals surface area contributed by atoms with Gasteiger partial charge in [-0.25, -0.2) is 4.39 Å². The van der Waals surface area contributed by atoms with Crippen molar-refractivity contribution in [3.63, 3.8) is 0 Å². The molecule has 0 bridgehead atoms. The fourth-order valence-electron chi connectivity index (χ4n) is 6.21. The van der Waals surface area contributed by atoms with Gasteiger partial charge in [-0.15, -0.1) is 0 Å². The molecule has 28 heavy (non-hydrogen) atoms. The predicted molar refractivity (Wildman–Crippen MR) is 108 cm³/mol. The lowest BCUT2D eigenvalue weighted by molar-refractivity contribution is -0.124. The number of halogens is 1. The van der Waals surface area contributed by atoms with Gasteiger partial charge in [0.1, 0.15) is 6.17 Å². The third-order valence-electron chi connectivity index (χ3n) is 7.97. The molecule has 7 atom stereocenters. The molecule has 5 nitrogen and oxygen atoms in total. The Hall–Kier alpha value is -0.720. The van der Waals surface area contributed by atoms with E-state index in [9.17, 15) is 9.18 Å². The first-order valence-electron chi connectivity index (χ1n) is 11.5. The van der Waals surface area contributed by atoms with Gasteiger partial charge in [0.2, 0.25) is 5.91 Å². The van der Waals surface area contributed by atoms with Gasteiger partial charge in [-0.05, 0) is 63.7 Å². The fourth-order valence-corrected chi connectivity index (χ4v) is 6.21. The van der Waals surface area contributed by atoms with E-state index in [2.05, 4.69) is 22.5 Å². The van der Waals surface area contributed by atoms with Crippen molar-refractivity contribution < 1.29 is 13.9 Å². The van der Waals surface area contributed by atoms with E-state index in [0.29, 0.717) is 30.9 Å². The molecule has 160 valence electrons. The van der Waals surface area contributed by atoms with E-state index < -0.39 is 6.17 Å². The smallest absolute Gasteiger partial charge is 0.237 e. The molecule has 4 rings (SSSR count). The van der Waals surface area contributed by atoms with Crippen molar-refractivity contribution in [3.8, 4) is 0 Å². The van der Waals surface area contributed by atoms with Crippen molar-refractivity contribution in [1.82, 2.24) is 15.5 Å². The minimum Gasteiger partial charge on any atom is -0.381 e. The maximum atomic E-state index is 14.3. The summed E-state index contributed by atoms with van der Waals surface area (Å²) >= 11 is 0. The van der Waals surface area contributed by atoms with Crippen LogP contribution < -0.4 is 10.6 Å². The fraction of sp³-hybridized carbons (Fsp3) is 0.955. The number of hydrogen-bond donors (Lipinski definition) is 2. The zero-order valence-corrected chi connectivity index (χ0v) is 17.5. The first-order chi connectivity index (χ1) is 13.5. The summed E-state index contributed by atoms with van der Waals surface area (Å²) in [6, 6.07) is 0.785. The van der Waals surface area contributed by atoms with Crippen LogP contribution in [0.5, 0.6) is 0 Å². The maximum Gasteiger partial charge on any atom is 0.237 e. The molecule has 1 amide bonds. The largest absolute Gasteiger partial charge is 0.381 e.